The number of fused-ring (bicyclic) bond motifs is 3. The molecule has 9 rings (SSSR count). The van der Waals surface area contributed by atoms with Crippen molar-refractivity contribution in [1.29, 1.82) is 0 Å². The first-order chi connectivity index (χ1) is 30.0. The van der Waals surface area contributed by atoms with Crippen LogP contribution in [-0.2, 0) is 31.9 Å². The van der Waals surface area contributed by atoms with Gasteiger partial charge in [0.2, 0.25) is 0 Å². The Balaban J connectivity index is 0.00000560. The number of hydrogen-bond acceptors (Lipinski definition) is 4. The zero-order valence-electron chi connectivity index (χ0n) is 38.6. The Hall–Kier alpha value is -5.90. The summed E-state index contributed by atoms with van der Waals surface area (Å²) >= 11 is 0. The van der Waals surface area contributed by atoms with Crippen molar-refractivity contribution in [3.05, 3.63) is 210 Å². The second-order valence-corrected chi connectivity index (χ2v) is 19.9. The smallest absolute Gasteiger partial charge is 0.135 e. The second-order valence-electron chi connectivity index (χ2n) is 19.9. The maximum atomic E-state index is 6.68. The first kappa shape index (κ1) is 44.7. The number of aromatic nitrogens is 2. The van der Waals surface area contributed by atoms with Crippen molar-refractivity contribution in [3.8, 4) is 17.3 Å². The molecule has 0 fully saturated rings. The van der Waals surface area contributed by atoms with E-state index < -0.39 is 0 Å². The van der Waals surface area contributed by atoms with Gasteiger partial charge in [0.15, 0.2) is 0 Å². The fourth-order valence-electron chi connectivity index (χ4n) is 9.20. The van der Waals surface area contributed by atoms with Crippen LogP contribution in [0.25, 0.3) is 27.6 Å². The molecule has 0 amide bonds. The van der Waals surface area contributed by atoms with Crippen LogP contribution in [0.5, 0.6) is 11.5 Å². The molecule has 1 aliphatic heterocycles. The van der Waals surface area contributed by atoms with E-state index in [1.807, 2.05) is 36.5 Å². The van der Waals surface area contributed by atoms with Crippen LogP contribution in [0.1, 0.15) is 91.5 Å². The Morgan fingerprint density at radius 1 is 0.500 bits per heavy atom. The molecule has 0 aliphatic carbocycles. The van der Waals surface area contributed by atoms with Crippen molar-refractivity contribution in [1.82, 2.24) is 9.55 Å². The molecule has 0 saturated carbocycles. The molecule has 3 heterocycles. The Kier molecular flexibility index (Phi) is 11.8. The fraction of sp³-hybridized carbons (Fsp3) is 0.241. The molecule has 0 spiro atoms. The van der Waals surface area contributed by atoms with Crippen molar-refractivity contribution < 1.29 is 25.8 Å². The van der Waals surface area contributed by atoms with E-state index in [1.54, 1.807) is 0 Å². The topological polar surface area (TPSA) is 33.5 Å². The molecular formula is C58H57N4OPt-3. The molecule has 2 aromatic heterocycles. The van der Waals surface area contributed by atoms with Gasteiger partial charge in [0.25, 0.3) is 0 Å². The number of allylic oxidation sites excluding steroid dienone is 2. The molecule has 0 saturated heterocycles. The quantitative estimate of drug-likeness (QED) is 0.135. The van der Waals surface area contributed by atoms with E-state index in [0.29, 0.717) is 11.5 Å². The number of pyridine rings is 1. The number of benzene rings is 6. The van der Waals surface area contributed by atoms with Gasteiger partial charge in [-0.2, -0.15) is 12.1 Å². The Morgan fingerprint density at radius 3 is 1.66 bits per heavy atom. The average molecular weight is 1020 g/mol. The Bertz CT molecular complexity index is 2900. The normalized spacial score (nSPS) is 13.8. The van der Waals surface area contributed by atoms with Gasteiger partial charge in [-0.05, 0) is 58.0 Å². The Labute approximate surface area is 394 Å². The molecule has 5 nitrogen and oxygen atoms in total. The monoisotopic (exact) mass is 1020 g/mol. The number of rotatable bonds is 9. The largest absolute Gasteiger partial charge is 0.509 e. The van der Waals surface area contributed by atoms with Gasteiger partial charge < -0.3 is 19.1 Å². The molecule has 8 aromatic rings. The van der Waals surface area contributed by atoms with Crippen molar-refractivity contribution in [2.24, 2.45) is 10.8 Å². The Morgan fingerprint density at radius 2 is 1.06 bits per heavy atom. The standard InChI is InChI=1S/C58H57N4O.Pt/c1-55(2,3)53-54(56(4,5)6)61(45-35-42(57(7,8)40-22-13-11-14-23-40)34-43(36-45)58(9,10)41-24-15-12-16-25-41)39-60(53)44-26-21-27-46(37-44)63-47-31-32-49-48-28-17-18-29-50(48)62(51(49)38-47)52-30-19-20-33-59-52;/h11-36,39H,1-10H3;/q-3;. The maximum Gasteiger partial charge on any atom is 0.135 e. The molecule has 6 heteroatoms. The summed E-state index contributed by atoms with van der Waals surface area (Å²) in [5, 5.41) is 2.24. The van der Waals surface area contributed by atoms with Gasteiger partial charge in [0.05, 0.1) is 0 Å². The van der Waals surface area contributed by atoms with Crippen LogP contribution in [-0.4, -0.2) is 9.55 Å². The summed E-state index contributed by atoms with van der Waals surface area (Å²) in [5.74, 6) is 2.05. The third-order valence-corrected chi connectivity index (χ3v) is 12.7. The zero-order valence-corrected chi connectivity index (χ0v) is 40.9. The van der Waals surface area contributed by atoms with Gasteiger partial charge in [0, 0.05) is 83.0 Å². The van der Waals surface area contributed by atoms with Crippen molar-refractivity contribution >= 4 is 33.2 Å². The van der Waals surface area contributed by atoms with Crippen LogP contribution >= 0.6 is 0 Å². The molecule has 0 bridgehead atoms. The number of ether oxygens (including phenoxy) is 1. The van der Waals surface area contributed by atoms with E-state index in [2.05, 4.69) is 224 Å². The van der Waals surface area contributed by atoms with Gasteiger partial charge in [0.1, 0.15) is 5.82 Å². The minimum atomic E-state index is -0.262. The minimum Gasteiger partial charge on any atom is -0.509 e. The third kappa shape index (κ3) is 8.20. The van der Waals surface area contributed by atoms with Crippen molar-refractivity contribution in [3.63, 3.8) is 0 Å². The number of nitrogens with zero attached hydrogens (tertiary/aromatic N) is 4. The van der Waals surface area contributed by atoms with Gasteiger partial charge in [-0.15, -0.1) is 48.1 Å². The summed E-state index contributed by atoms with van der Waals surface area (Å²) in [7, 11) is 0. The second kappa shape index (κ2) is 16.9. The summed E-state index contributed by atoms with van der Waals surface area (Å²) in [6.45, 7) is 25.5. The minimum absolute atomic E-state index is 0. The van der Waals surface area contributed by atoms with Crippen molar-refractivity contribution in [2.45, 2.75) is 80.1 Å². The molecule has 0 radical (unpaired) electrons. The fourth-order valence-corrected chi connectivity index (χ4v) is 9.20. The zero-order chi connectivity index (χ0) is 44.3. The first-order valence-corrected chi connectivity index (χ1v) is 22.0. The van der Waals surface area contributed by atoms with Gasteiger partial charge in [-0.25, -0.2) is 4.98 Å². The molecule has 0 N–H and O–H groups in total. The van der Waals surface area contributed by atoms with Crippen LogP contribution < -0.4 is 14.5 Å². The molecule has 1 aliphatic rings. The molecule has 0 atom stereocenters. The van der Waals surface area contributed by atoms with Crippen LogP contribution in [0.2, 0.25) is 0 Å². The summed E-state index contributed by atoms with van der Waals surface area (Å²) in [6, 6.07) is 61.0. The predicted octanol–water partition coefficient (Wildman–Crippen LogP) is 15.0. The number of anilines is 2. The summed E-state index contributed by atoms with van der Waals surface area (Å²) in [6.07, 6.45) is 1.82. The number of para-hydroxylation sites is 1. The van der Waals surface area contributed by atoms with Gasteiger partial charge in [-0.1, -0.05) is 166 Å². The van der Waals surface area contributed by atoms with Crippen LogP contribution in [0.15, 0.2) is 169 Å². The third-order valence-electron chi connectivity index (χ3n) is 12.7. The first-order valence-electron chi connectivity index (χ1n) is 22.0. The van der Waals surface area contributed by atoms with E-state index in [0.717, 1.165) is 39.0 Å². The van der Waals surface area contributed by atoms with Crippen LogP contribution in [0.4, 0.5) is 11.4 Å². The van der Waals surface area contributed by atoms with Crippen LogP contribution in [0.3, 0.4) is 0 Å². The molecule has 64 heavy (non-hydrogen) atoms. The molecular weight excluding hydrogens is 964 g/mol. The predicted molar refractivity (Wildman–Crippen MR) is 262 cm³/mol. The van der Waals surface area contributed by atoms with E-state index in [4.69, 9.17) is 9.72 Å². The summed E-state index contributed by atoms with van der Waals surface area (Å²) in [4.78, 5) is 9.48. The van der Waals surface area contributed by atoms with Crippen LogP contribution in [0, 0.1) is 29.6 Å². The average Bonchev–Trinajstić information content (AvgIpc) is 3.86. The summed E-state index contributed by atoms with van der Waals surface area (Å²) in [5.41, 5.74) is 10.6. The molecule has 6 aromatic carbocycles. The van der Waals surface area contributed by atoms with E-state index in [9.17, 15) is 0 Å². The SMILES string of the molecule is CC(C)(C)C1=C(C(C)(C)C)N(c2cc(C(C)(C)c3ccccc3)cc(C(C)(C)c3ccccc3)c2)[CH-]N1c1[c-]c(Oc2[c-]c3c(cc2)c2ccccc2n3-c2ccccn2)ccc1.[Pt]. The van der Waals surface area contributed by atoms with Crippen molar-refractivity contribution in [2.75, 3.05) is 9.80 Å². The molecule has 328 valence electrons. The van der Waals surface area contributed by atoms with E-state index in [1.165, 1.54) is 33.6 Å². The maximum absolute atomic E-state index is 6.68. The van der Waals surface area contributed by atoms with E-state index in [-0.39, 0.29) is 42.7 Å². The van der Waals surface area contributed by atoms with Gasteiger partial charge in [-0.3, -0.25) is 0 Å². The summed E-state index contributed by atoms with van der Waals surface area (Å²) < 4.78 is 8.83. The number of hydrogen-bond donors (Lipinski definition) is 0. The van der Waals surface area contributed by atoms with E-state index >= 15 is 0 Å². The molecule has 0 unspecified atom stereocenters. The van der Waals surface area contributed by atoms with Gasteiger partial charge >= 0.3 is 0 Å².